The number of amides is 2. The topological polar surface area (TPSA) is 98.8 Å². The largest absolute Gasteiger partial charge is 0.446 e. The van der Waals surface area contributed by atoms with E-state index in [-0.39, 0.29) is 11.8 Å². The van der Waals surface area contributed by atoms with Gasteiger partial charge >= 0.3 is 12.4 Å². The van der Waals surface area contributed by atoms with Gasteiger partial charge in [-0.15, -0.1) is 0 Å². The van der Waals surface area contributed by atoms with Gasteiger partial charge in [0.1, 0.15) is 0 Å². The smallest absolute Gasteiger partial charge is 0.333 e. The van der Waals surface area contributed by atoms with E-state index in [2.05, 4.69) is 59.7 Å². The maximum absolute atomic E-state index is 12.5. The van der Waals surface area contributed by atoms with Gasteiger partial charge in [-0.1, -0.05) is 44.2 Å². The first-order chi connectivity index (χ1) is 21.7. The number of aldehydes is 2. The Morgan fingerprint density at radius 1 is 0.761 bits per heavy atom. The first kappa shape index (κ1) is 36.7. The molecule has 4 heterocycles. The second kappa shape index (κ2) is 16.2. The zero-order valence-corrected chi connectivity index (χ0v) is 25.6. The monoisotopic (exact) mass is 656 g/mol. The van der Waals surface area contributed by atoms with Crippen molar-refractivity contribution >= 4 is 24.4 Å². The van der Waals surface area contributed by atoms with Gasteiger partial charge in [-0.3, -0.25) is 19.2 Å². The van der Waals surface area contributed by atoms with Gasteiger partial charge in [0.25, 0.3) is 11.8 Å². The molecule has 2 N–H and O–H groups in total. The zero-order chi connectivity index (χ0) is 34.1. The van der Waals surface area contributed by atoms with E-state index in [9.17, 15) is 35.9 Å². The van der Waals surface area contributed by atoms with Gasteiger partial charge in [-0.05, 0) is 54.0 Å². The normalized spacial score (nSPS) is 20.1. The van der Waals surface area contributed by atoms with E-state index in [0.717, 1.165) is 76.1 Å². The van der Waals surface area contributed by atoms with Crippen molar-refractivity contribution in [1.29, 1.82) is 0 Å². The SMILES string of the molecule is CCc1ccc2c(c1)C[C@@H]1CNCCN1C2=O.CCc1cccc2c1C(=O)N1CCNC[C@H]1C2.O=CC(F)(F)F.O=CC(F)(F)F. The summed E-state index contributed by atoms with van der Waals surface area (Å²) in [4.78, 5) is 46.4. The van der Waals surface area contributed by atoms with Crippen molar-refractivity contribution in [3.63, 3.8) is 0 Å². The molecule has 4 aliphatic rings. The second-order valence-electron chi connectivity index (χ2n) is 11.1. The van der Waals surface area contributed by atoms with Gasteiger partial charge in [0.15, 0.2) is 0 Å². The summed E-state index contributed by atoms with van der Waals surface area (Å²) in [5.74, 6) is 0.468. The molecule has 6 rings (SSSR count). The highest BCUT2D eigenvalue weighted by Gasteiger charge is 2.35. The highest BCUT2D eigenvalue weighted by Crippen LogP contribution is 2.28. The van der Waals surface area contributed by atoms with Crippen molar-refractivity contribution < 1.29 is 45.5 Å². The molecule has 252 valence electrons. The zero-order valence-electron chi connectivity index (χ0n) is 25.6. The van der Waals surface area contributed by atoms with Crippen LogP contribution in [0.15, 0.2) is 36.4 Å². The van der Waals surface area contributed by atoms with Crippen LogP contribution in [0.25, 0.3) is 0 Å². The molecule has 2 fully saturated rings. The number of hydrogen-bond donors (Lipinski definition) is 2. The van der Waals surface area contributed by atoms with Crippen LogP contribution in [0.4, 0.5) is 26.3 Å². The first-order valence-electron chi connectivity index (χ1n) is 15.0. The lowest BCUT2D eigenvalue weighted by Crippen LogP contribution is -2.56. The number of fused-ring (bicyclic) bond motifs is 4. The maximum Gasteiger partial charge on any atom is 0.446 e. The van der Waals surface area contributed by atoms with Crippen molar-refractivity contribution in [2.45, 2.75) is 64.0 Å². The Morgan fingerprint density at radius 3 is 1.78 bits per heavy atom. The molecule has 0 aromatic heterocycles. The Labute approximate surface area is 263 Å². The van der Waals surface area contributed by atoms with Crippen LogP contribution in [0.1, 0.15) is 56.8 Å². The highest BCUT2D eigenvalue weighted by molar-refractivity contribution is 5.99. The minimum atomic E-state index is -4.64. The standard InChI is InChI=1S/2C14H18N2O.2C2HF3O/c1-2-10-3-4-13-11(7-10)8-12-9-15-5-6-16(12)14(13)17;1-2-10-4-3-5-11-8-12-9-15-6-7-16(12)14(17)13(10)11;2*3-2(4,5)1-6/h3-4,7,12,15H,2,5-6,8-9H2,1H3;3-5,12,15H,2,6-9H2,1H3;2*1H/t2*12-;;/m11../s1. The summed E-state index contributed by atoms with van der Waals surface area (Å²) in [5.41, 5.74) is 6.89. The summed E-state index contributed by atoms with van der Waals surface area (Å²) in [6, 6.07) is 13.3. The van der Waals surface area contributed by atoms with E-state index in [1.807, 2.05) is 11.0 Å². The van der Waals surface area contributed by atoms with Gasteiger partial charge in [0.05, 0.1) is 0 Å². The summed E-state index contributed by atoms with van der Waals surface area (Å²) >= 11 is 0. The van der Waals surface area contributed by atoms with Crippen molar-refractivity contribution in [3.8, 4) is 0 Å². The molecule has 0 unspecified atom stereocenters. The number of halogens is 6. The molecular weight excluding hydrogens is 618 g/mol. The van der Waals surface area contributed by atoms with Crippen molar-refractivity contribution in [2.75, 3.05) is 39.3 Å². The number of piperazine rings is 2. The average molecular weight is 657 g/mol. The number of benzene rings is 2. The number of nitrogens with zero attached hydrogens (tertiary/aromatic N) is 2. The fourth-order valence-corrected chi connectivity index (χ4v) is 5.86. The number of alkyl halides is 6. The quantitative estimate of drug-likeness (QED) is 0.376. The summed E-state index contributed by atoms with van der Waals surface area (Å²) in [5, 5.41) is 6.74. The van der Waals surface area contributed by atoms with Gasteiger partial charge in [0, 0.05) is 62.5 Å². The lowest BCUT2D eigenvalue weighted by molar-refractivity contribution is -0.156. The molecule has 2 aromatic carbocycles. The van der Waals surface area contributed by atoms with Crippen LogP contribution < -0.4 is 10.6 Å². The lowest BCUT2D eigenvalue weighted by Gasteiger charge is -2.40. The average Bonchev–Trinajstić information content (AvgIpc) is 3.04. The van der Waals surface area contributed by atoms with E-state index in [1.165, 1.54) is 22.3 Å². The lowest BCUT2D eigenvalue weighted by atomic mass is 9.88. The third kappa shape index (κ3) is 9.86. The Bertz CT molecular complexity index is 1360. The number of carbonyl (C=O) groups excluding carboxylic acids is 4. The molecule has 4 aliphatic heterocycles. The van der Waals surface area contributed by atoms with Crippen LogP contribution in [0.2, 0.25) is 0 Å². The predicted molar refractivity (Wildman–Crippen MR) is 159 cm³/mol. The van der Waals surface area contributed by atoms with Crippen LogP contribution in [0.5, 0.6) is 0 Å². The summed E-state index contributed by atoms with van der Waals surface area (Å²) in [6.45, 7) is 9.67. The molecule has 0 spiro atoms. The maximum atomic E-state index is 12.5. The second-order valence-corrected chi connectivity index (χ2v) is 11.1. The Balaban J connectivity index is 0.000000187. The van der Waals surface area contributed by atoms with Crippen molar-refractivity contribution in [3.05, 3.63) is 69.8 Å². The molecule has 0 radical (unpaired) electrons. The molecule has 0 saturated carbocycles. The molecule has 2 amide bonds. The molecular formula is C32H38F6N4O4. The molecule has 14 heteroatoms. The Hall–Kier alpha value is -3.78. The molecule has 0 bridgehead atoms. The van der Waals surface area contributed by atoms with Crippen molar-refractivity contribution in [2.24, 2.45) is 0 Å². The number of hydrogen-bond acceptors (Lipinski definition) is 6. The van der Waals surface area contributed by atoms with E-state index in [0.29, 0.717) is 12.1 Å². The van der Waals surface area contributed by atoms with Gasteiger partial charge < -0.3 is 20.4 Å². The molecule has 0 aliphatic carbocycles. The predicted octanol–water partition coefficient (Wildman–Crippen LogP) is 3.93. The fourth-order valence-electron chi connectivity index (χ4n) is 5.86. The molecule has 2 aromatic rings. The van der Waals surface area contributed by atoms with Gasteiger partial charge in [0.2, 0.25) is 12.6 Å². The molecule has 2 saturated heterocycles. The van der Waals surface area contributed by atoms with Crippen LogP contribution in [0.3, 0.4) is 0 Å². The van der Waals surface area contributed by atoms with Crippen LogP contribution in [-0.4, -0.2) is 97.9 Å². The first-order valence-corrected chi connectivity index (χ1v) is 15.0. The minimum Gasteiger partial charge on any atom is -0.333 e. The Kier molecular flexibility index (Phi) is 12.9. The van der Waals surface area contributed by atoms with E-state index < -0.39 is 24.9 Å². The Morgan fingerprint density at radius 2 is 1.28 bits per heavy atom. The summed E-state index contributed by atoms with van der Waals surface area (Å²) in [7, 11) is 0. The number of rotatable bonds is 2. The molecule has 46 heavy (non-hydrogen) atoms. The van der Waals surface area contributed by atoms with Crippen LogP contribution in [0, 0.1) is 0 Å². The van der Waals surface area contributed by atoms with E-state index in [4.69, 9.17) is 9.59 Å². The van der Waals surface area contributed by atoms with Gasteiger partial charge in [-0.2, -0.15) is 26.3 Å². The van der Waals surface area contributed by atoms with Crippen molar-refractivity contribution in [1.82, 2.24) is 20.4 Å². The number of nitrogens with one attached hydrogen (secondary N) is 2. The van der Waals surface area contributed by atoms with Crippen LogP contribution in [-0.2, 0) is 35.3 Å². The summed E-state index contributed by atoms with van der Waals surface area (Å²) < 4.78 is 62.5. The third-order valence-corrected chi connectivity index (χ3v) is 8.04. The highest BCUT2D eigenvalue weighted by atomic mass is 19.4. The number of aryl methyl sites for hydroxylation is 2. The fraction of sp³-hybridized carbons (Fsp3) is 0.500. The molecule has 8 nitrogen and oxygen atoms in total. The molecule has 2 atom stereocenters. The third-order valence-electron chi connectivity index (χ3n) is 8.04. The van der Waals surface area contributed by atoms with E-state index >= 15 is 0 Å². The van der Waals surface area contributed by atoms with Crippen LogP contribution >= 0.6 is 0 Å². The minimum absolute atomic E-state index is 0.223. The summed E-state index contributed by atoms with van der Waals surface area (Å²) in [6.07, 6.45) is -7.43. The van der Waals surface area contributed by atoms with E-state index in [1.54, 1.807) is 0 Å². The van der Waals surface area contributed by atoms with Gasteiger partial charge in [-0.25, -0.2) is 0 Å². The number of carbonyl (C=O) groups is 4.